The van der Waals surface area contributed by atoms with Crippen LogP contribution in [0.15, 0.2) is 12.1 Å². The number of rotatable bonds is 4. The number of nitrogen functional groups attached to an aromatic ring is 1. The quantitative estimate of drug-likeness (QED) is 0.861. The molecule has 2 rings (SSSR count). The van der Waals surface area contributed by atoms with Gasteiger partial charge in [0.15, 0.2) is 5.65 Å². The van der Waals surface area contributed by atoms with E-state index in [9.17, 15) is 4.79 Å². The first kappa shape index (κ1) is 14.1. The van der Waals surface area contributed by atoms with Crippen LogP contribution >= 0.6 is 0 Å². The van der Waals surface area contributed by atoms with E-state index in [1.54, 1.807) is 30.9 Å². The lowest BCUT2D eigenvalue weighted by molar-refractivity contribution is -0.129. The van der Waals surface area contributed by atoms with E-state index in [0.29, 0.717) is 29.5 Å². The Bertz CT molecular complexity index is 647. The lowest BCUT2D eigenvalue weighted by Crippen LogP contribution is -2.38. The highest BCUT2D eigenvalue weighted by Crippen LogP contribution is 2.25. The van der Waals surface area contributed by atoms with E-state index < -0.39 is 5.41 Å². The molecule has 1 amide bonds. The molecule has 7 nitrogen and oxygen atoms in total. The van der Waals surface area contributed by atoms with Crippen molar-refractivity contribution in [2.45, 2.75) is 20.4 Å². The van der Waals surface area contributed by atoms with Gasteiger partial charge in [0, 0.05) is 19.7 Å². The van der Waals surface area contributed by atoms with Crippen molar-refractivity contribution in [1.82, 2.24) is 19.9 Å². The average Bonchev–Trinajstić information content (AvgIpc) is 2.73. The molecule has 0 fully saturated rings. The highest BCUT2D eigenvalue weighted by molar-refractivity contribution is 5.82. The van der Waals surface area contributed by atoms with Gasteiger partial charge in [0.25, 0.3) is 0 Å². The SMILES string of the molecule is CNC(=O)C(C)(C)Cn1c(N)nc2ccc(OC)nc21. The summed E-state index contributed by atoms with van der Waals surface area (Å²) in [5.74, 6) is 0.746. The fourth-order valence-electron chi connectivity index (χ4n) is 2.08. The maximum absolute atomic E-state index is 11.9. The van der Waals surface area contributed by atoms with Gasteiger partial charge in [0.2, 0.25) is 17.7 Å². The first-order valence-corrected chi connectivity index (χ1v) is 6.28. The van der Waals surface area contributed by atoms with Gasteiger partial charge in [0.1, 0.15) is 5.52 Å². The number of aromatic nitrogens is 3. The normalized spacial score (nSPS) is 11.6. The fourth-order valence-corrected chi connectivity index (χ4v) is 2.08. The number of anilines is 1. The summed E-state index contributed by atoms with van der Waals surface area (Å²) in [5, 5.41) is 2.65. The van der Waals surface area contributed by atoms with Crippen LogP contribution in [-0.2, 0) is 11.3 Å². The number of carbonyl (C=O) groups excluding carboxylic acids is 1. The predicted octanol–water partition coefficient (Wildman–Crippen LogP) is 0.794. The van der Waals surface area contributed by atoms with Crippen molar-refractivity contribution < 1.29 is 9.53 Å². The number of hydrogen-bond donors (Lipinski definition) is 2. The van der Waals surface area contributed by atoms with Crippen LogP contribution in [0.1, 0.15) is 13.8 Å². The van der Waals surface area contributed by atoms with E-state index in [1.165, 1.54) is 0 Å². The van der Waals surface area contributed by atoms with E-state index in [1.807, 2.05) is 13.8 Å². The van der Waals surface area contributed by atoms with Crippen molar-refractivity contribution in [1.29, 1.82) is 0 Å². The molecule has 0 saturated heterocycles. The van der Waals surface area contributed by atoms with Gasteiger partial charge in [-0.05, 0) is 19.9 Å². The van der Waals surface area contributed by atoms with Gasteiger partial charge in [-0.25, -0.2) is 4.98 Å². The number of ether oxygens (including phenoxy) is 1. The summed E-state index contributed by atoms with van der Waals surface area (Å²) in [6, 6.07) is 3.52. The monoisotopic (exact) mass is 277 g/mol. The Morgan fingerprint density at radius 2 is 2.15 bits per heavy atom. The number of imidazole rings is 1. The Labute approximate surface area is 117 Å². The lowest BCUT2D eigenvalue weighted by Gasteiger charge is -2.23. The van der Waals surface area contributed by atoms with E-state index in [-0.39, 0.29) is 5.91 Å². The summed E-state index contributed by atoms with van der Waals surface area (Å²) in [7, 11) is 3.16. The molecule has 0 bridgehead atoms. The van der Waals surface area contributed by atoms with Gasteiger partial charge < -0.3 is 15.8 Å². The molecule has 0 atom stereocenters. The Kier molecular flexibility index (Phi) is 3.52. The van der Waals surface area contributed by atoms with E-state index in [2.05, 4.69) is 15.3 Å². The van der Waals surface area contributed by atoms with E-state index >= 15 is 0 Å². The molecule has 0 saturated carbocycles. The maximum Gasteiger partial charge on any atom is 0.227 e. The third-order valence-corrected chi connectivity index (χ3v) is 3.20. The highest BCUT2D eigenvalue weighted by Gasteiger charge is 2.29. The highest BCUT2D eigenvalue weighted by atomic mass is 16.5. The van der Waals surface area contributed by atoms with Crippen molar-refractivity contribution in [3.63, 3.8) is 0 Å². The standard InChI is InChI=1S/C13H19N5O2/c1-13(2,11(19)15-3)7-18-10-8(16-12(18)14)5-6-9(17-10)20-4/h5-6H,7H2,1-4H3,(H2,14,16)(H,15,19). The number of fused-ring (bicyclic) bond motifs is 1. The van der Waals surface area contributed by atoms with Gasteiger partial charge in [-0.15, -0.1) is 0 Å². The molecule has 0 unspecified atom stereocenters. The van der Waals surface area contributed by atoms with Crippen LogP contribution in [0.25, 0.3) is 11.2 Å². The topological polar surface area (TPSA) is 95.1 Å². The van der Waals surface area contributed by atoms with Crippen molar-refractivity contribution in [2.75, 3.05) is 19.9 Å². The van der Waals surface area contributed by atoms with Crippen molar-refractivity contribution >= 4 is 23.0 Å². The molecule has 0 aliphatic heterocycles. The summed E-state index contributed by atoms with van der Waals surface area (Å²) < 4.78 is 6.84. The zero-order chi connectivity index (χ0) is 14.9. The lowest BCUT2D eigenvalue weighted by atomic mass is 9.92. The average molecular weight is 277 g/mol. The Balaban J connectivity index is 2.48. The third kappa shape index (κ3) is 2.38. The Hall–Kier alpha value is -2.31. The number of nitrogens with one attached hydrogen (secondary N) is 1. The molecule has 2 heterocycles. The zero-order valence-electron chi connectivity index (χ0n) is 12.1. The minimum atomic E-state index is -0.624. The number of nitrogens with zero attached hydrogens (tertiary/aromatic N) is 3. The molecule has 0 aliphatic rings. The van der Waals surface area contributed by atoms with Crippen LogP contribution in [0.2, 0.25) is 0 Å². The number of hydrogen-bond acceptors (Lipinski definition) is 5. The largest absolute Gasteiger partial charge is 0.481 e. The van der Waals surface area contributed by atoms with E-state index in [0.717, 1.165) is 0 Å². The van der Waals surface area contributed by atoms with Gasteiger partial charge in [-0.1, -0.05) is 0 Å². The number of pyridine rings is 1. The molecule has 20 heavy (non-hydrogen) atoms. The number of carbonyl (C=O) groups is 1. The van der Waals surface area contributed by atoms with Crippen LogP contribution in [-0.4, -0.2) is 34.6 Å². The second-order valence-electron chi connectivity index (χ2n) is 5.22. The third-order valence-electron chi connectivity index (χ3n) is 3.20. The molecular weight excluding hydrogens is 258 g/mol. The van der Waals surface area contributed by atoms with Crippen LogP contribution in [0.4, 0.5) is 5.95 Å². The molecule has 0 spiro atoms. The minimum Gasteiger partial charge on any atom is -0.481 e. The molecular formula is C13H19N5O2. The minimum absolute atomic E-state index is 0.0679. The van der Waals surface area contributed by atoms with Crippen LogP contribution in [0.5, 0.6) is 5.88 Å². The van der Waals surface area contributed by atoms with Crippen molar-refractivity contribution in [2.24, 2.45) is 5.41 Å². The summed E-state index contributed by atoms with van der Waals surface area (Å²) >= 11 is 0. The van der Waals surface area contributed by atoms with Crippen LogP contribution < -0.4 is 15.8 Å². The van der Waals surface area contributed by atoms with E-state index in [4.69, 9.17) is 10.5 Å². The van der Waals surface area contributed by atoms with Gasteiger partial charge in [-0.3, -0.25) is 9.36 Å². The molecule has 7 heteroatoms. The molecule has 0 radical (unpaired) electrons. The molecule has 0 aromatic carbocycles. The second-order valence-corrected chi connectivity index (χ2v) is 5.22. The summed E-state index contributed by atoms with van der Waals surface area (Å²) in [4.78, 5) is 20.5. The Morgan fingerprint density at radius 1 is 1.45 bits per heavy atom. The number of amides is 1. The summed E-state index contributed by atoms with van der Waals surface area (Å²) in [5.41, 5.74) is 6.60. The molecule has 3 N–H and O–H groups in total. The van der Waals surface area contributed by atoms with Crippen molar-refractivity contribution in [3.05, 3.63) is 12.1 Å². The van der Waals surface area contributed by atoms with Crippen molar-refractivity contribution in [3.8, 4) is 5.88 Å². The smallest absolute Gasteiger partial charge is 0.227 e. The number of methoxy groups -OCH3 is 1. The maximum atomic E-state index is 11.9. The van der Waals surface area contributed by atoms with Gasteiger partial charge in [-0.2, -0.15) is 4.98 Å². The Morgan fingerprint density at radius 3 is 2.75 bits per heavy atom. The molecule has 108 valence electrons. The van der Waals surface area contributed by atoms with Gasteiger partial charge in [0.05, 0.1) is 12.5 Å². The second kappa shape index (κ2) is 4.99. The first-order valence-electron chi connectivity index (χ1n) is 6.28. The summed E-state index contributed by atoms with van der Waals surface area (Å²) in [6.45, 7) is 4.07. The molecule has 2 aromatic heterocycles. The number of nitrogens with two attached hydrogens (primary N) is 1. The molecule has 2 aromatic rings. The molecule has 0 aliphatic carbocycles. The van der Waals surface area contributed by atoms with Gasteiger partial charge >= 0.3 is 0 Å². The van der Waals surface area contributed by atoms with Crippen LogP contribution in [0, 0.1) is 5.41 Å². The zero-order valence-corrected chi connectivity index (χ0v) is 12.1. The first-order chi connectivity index (χ1) is 9.39. The summed E-state index contributed by atoms with van der Waals surface area (Å²) in [6.07, 6.45) is 0. The van der Waals surface area contributed by atoms with Crippen LogP contribution in [0.3, 0.4) is 0 Å². The predicted molar refractivity (Wildman–Crippen MR) is 76.3 cm³/mol. The fraction of sp³-hybridized carbons (Fsp3) is 0.462.